The van der Waals surface area contributed by atoms with Crippen LogP contribution in [-0.4, -0.2) is 13.7 Å². The Morgan fingerprint density at radius 1 is 0.919 bits per heavy atom. The van der Waals surface area contributed by atoms with Crippen molar-refractivity contribution >= 4 is 91.2 Å². The number of nitrogens with zero attached hydrogens (tertiary/aromatic N) is 2. The van der Waals surface area contributed by atoms with Crippen molar-refractivity contribution in [2.45, 2.75) is 39.5 Å². The van der Waals surface area contributed by atoms with Crippen molar-refractivity contribution in [2.24, 2.45) is 5.92 Å². The summed E-state index contributed by atoms with van der Waals surface area (Å²) in [6.45, 7) is 5.00. The Bertz CT molecular complexity index is 1360. The molecular weight excluding hydrogens is 726 g/mol. The van der Waals surface area contributed by atoms with Crippen LogP contribution < -0.4 is 9.47 Å². The quantitative estimate of drug-likeness (QED) is 0.137. The molecular formula is C29H28I2N2O2S2. The summed E-state index contributed by atoms with van der Waals surface area (Å²) in [4.78, 5) is 1.82. The molecule has 0 aliphatic heterocycles. The molecule has 0 bridgehead atoms. The fourth-order valence-electron chi connectivity index (χ4n) is 3.77. The van der Waals surface area contributed by atoms with Crippen LogP contribution in [-0.2, 0) is 0 Å². The molecule has 0 amide bonds. The molecule has 3 aromatic rings. The van der Waals surface area contributed by atoms with E-state index < -0.39 is 0 Å². The van der Waals surface area contributed by atoms with Crippen molar-refractivity contribution in [3.8, 4) is 23.6 Å². The van der Waals surface area contributed by atoms with Gasteiger partial charge in [0, 0.05) is 20.9 Å². The molecule has 4 nitrogen and oxygen atoms in total. The molecule has 8 heteroatoms. The number of hydrogen-bond donors (Lipinski definition) is 0. The Kier molecular flexibility index (Phi) is 12.0. The first-order chi connectivity index (χ1) is 17.9. The molecule has 0 spiro atoms. The minimum atomic E-state index is 0.454. The van der Waals surface area contributed by atoms with E-state index in [1.54, 1.807) is 29.8 Å². The minimum absolute atomic E-state index is 0.454. The average molecular weight is 754 g/mol. The van der Waals surface area contributed by atoms with Gasteiger partial charge in [0.05, 0.1) is 30.6 Å². The molecule has 1 unspecified atom stereocenters. The zero-order valence-electron chi connectivity index (χ0n) is 21.0. The van der Waals surface area contributed by atoms with E-state index in [-0.39, 0.29) is 0 Å². The Balaban J connectivity index is 2.10. The number of benzene rings is 1. The van der Waals surface area contributed by atoms with Gasteiger partial charge in [0.1, 0.15) is 23.6 Å². The largest absolute Gasteiger partial charge is 0.496 e. The molecule has 192 valence electrons. The van der Waals surface area contributed by atoms with Gasteiger partial charge in [-0.15, -0.1) is 22.7 Å². The maximum Gasteiger partial charge on any atom is 0.127 e. The number of methoxy groups -OCH3 is 1. The second-order valence-electron chi connectivity index (χ2n) is 8.41. The monoisotopic (exact) mass is 754 g/mol. The molecule has 0 saturated carbocycles. The average Bonchev–Trinajstić information content (AvgIpc) is 3.54. The molecule has 0 aliphatic rings. The molecule has 37 heavy (non-hydrogen) atoms. The second kappa shape index (κ2) is 14.9. The van der Waals surface area contributed by atoms with E-state index >= 15 is 0 Å². The van der Waals surface area contributed by atoms with Crippen LogP contribution in [0.3, 0.4) is 0 Å². The number of nitriles is 2. The van der Waals surface area contributed by atoms with Crippen molar-refractivity contribution in [1.82, 2.24) is 0 Å². The Hall–Kier alpha value is -1.86. The molecule has 2 aromatic heterocycles. The number of allylic oxidation sites excluding steroid dienone is 2. The molecule has 2 heterocycles. The highest BCUT2D eigenvalue weighted by Crippen LogP contribution is 2.36. The van der Waals surface area contributed by atoms with E-state index in [0.717, 1.165) is 45.9 Å². The maximum atomic E-state index is 9.92. The first-order valence-corrected chi connectivity index (χ1v) is 15.8. The zero-order valence-corrected chi connectivity index (χ0v) is 27.0. The van der Waals surface area contributed by atoms with Crippen LogP contribution in [0.5, 0.6) is 11.5 Å². The fraction of sp³-hybridized carbons (Fsp3) is 0.310. The van der Waals surface area contributed by atoms with Gasteiger partial charge in [-0.25, -0.2) is 0 Å². The number of rotatable bonds is 12. The van der Waals surface area contributed by atoms with Crippen molar-refractivity contribution in [1.29, 1.82) is 10.5 Å². The second-order valence-corrected chi connectivity index (χ2v) is 14.4. The smallest absolute Gasteiger partial charge is 0.127 e. The highest BCUT2D eigenvalue weighted by molar-refractivity contribution is 14.1. The van der Waals surface area contributed by atoms with Crippen molar-refractivity contribution in [3.63, 3.8) is 0 Å². The molecule has 0 aliphatic carbocycles. The van der Waals surface area contributed by atoms with Gasteiger partial charge in [0.2, 0.25) is 0 Å². The van der Waals surface area contributed by atoms with E-state index in [9.17, 15) is 10.5 Å². The fourth-order valence-corrected chi connectivity index (χ4v) is 6.95. The molecule has 1 atom stereocenters. The molecule has 1 aromatic carbocycles. The van der Waals surface area contributed by atoms with Gasteiger partial charge < -0.3 is 9.47 Å². The summed E-state index contributed by atoms with van der Waals surface area (Å²) in [5.41, 5.74) is 2.69. The van der Waals surface area contributed by atoms with Crippen LogP contribution in [0.25, 0.3) is 23.3 Å². The topological polar surface area (TPSA) is 66.0 Å². The van der Waals surface area contributed by atoms with Crippen molar-refractivity contribution < 1.29 is 9.47 Å². The summed E-state index contributed by atoms with van der Waals surface area (Å²) >= 11 is 7.68. The first-order valence-electron chi connectivity index (χ1n) is 12.0. The third-order valence-electron chi connectivity index (χ3n) is 5.90. The number of unbranched alkanes of at least 4 members (excludes halogenated alkanes) is 1. The lowest BCUT2D eigenvalue weighted by molar-refractivity contribution is 0.232. The molecule has 3 rings (SSSR count). The Morgan fingerprint density at radius 2 is 1.46 bits per heavy atom. The van der Waals surface area contributed by atoms with Gasteiger partial charge in [-0.1, -0.05) is 33.1 Å². The normalized spacial score (nSPS) is 12.6. The summed E-state index contributed by atoms with van der Waals surface area (Å²) in [5, 5.41) is 19.8. The summed E-state index contributed by atoms with van der Waals surface area (Å²) in [6, 6.07) is 16.4. The Labute approximate surface area is 254 Å². The summed E-state index contributed by atoms with van der Waals surface area (Å²) in [5.74, 6) is 1.75. The highest BCUT2D eigenvalue weighted by Gasteiger charge is 2.16. The predicted octanol–water partition coefficient (Wildman–Crippen LogP) is 9.75. The molecule has 0 radical (unpaired) electrons. The van der Waals surface area contributed by atoms with E-state index in [1.165, 1.54) is 6.42 Å². The van der Waals surface area contributed by atoms with Crippen molar-refractivity contribution in [3.05, 3.63) is 63.0 Å². The third-order valence-corrected chi connectivity index (χ3v) is 9.75. The summed E-state index contributed by atoms with van der Waals surface area (Å²) < 4.78 is 14.4. The van der Waals surface area contributed by atoms with E-state index in [0.29, 0.717) is 35.2 Å². The number of thiophene rings is 2. The van der Waals surface area contributed by atoms with Gasteiger partial charge in [-0.2, -0.15) is 10.5 Å². The van der Waals surface area contributed by atoms with Crippen LogP contribution in [0.4, 0.5) is 0 Å². The summed E-state index contributed by atoms with van der Waals surface area (Å²) in [6.07, 6.45) is 8.21. The van der Waals surface area contributed by atoms with Crippen molar-refractivity contribution in [2.75, 3.05) is 13.7 Å². The third kappa shape index (κ3) is 8.31. The SMILES string of the molecule is CCCCC(CC)COc1cc(/C=C(\C#N)c2ccc(I)s2)c(OC)cc1/C=C(\C#N)c1ccc(I)s1. The lowest BCUT2D eigenvalue weighted by Crippen LogP contribution is -2.12. The van der Waals surface area contributed by atoms with E-state index in [1.807, 2.05) is 48.6 Å². The number of halogens is 2. The van der Waals surface area contributed by atoms with Crippen LogP contribution in [0.15, 0.2) is 36.4 Å². The van der Waals surface area contributed by atoms with Gasteiger partial charge in [-0.05, 0) is 106 Å². The maximum absolute atomic E-state index is 9.92. The Morgan fingerprint density at radius 3 is 1.89 bits per heavy atom. The number of hydrogen-bond acceptors (Lipinski definition) is 6. The molecule has 0 saturated heterocycles. The van der Waals surface area contributed by atoms with Crippen LogP contribution in [0.1, 0.15) is 60.4 Å². The van der Waals surface area contributed by atoms with Crippen LogP contribution in [0, 0.1) is 34.3 Å². The van der Waals surface area contributed by atoms with Crippen LogP contribution in [0.2, 0.25) is 0 Å². The zero-order chi connectivity index (χ0) is 26.8. The predicted molar refractivity (Wildman–Crippen MR) is 173 cm³/mol. The first kappa shape index (κ1) is 29.7. The van der Waals surface area contributed by atoms with Gasteiger partial charge in [0.15, 0.2) is 0 Å². The van der Waals surface area contributed by atoms with E-state index in [2.05, 4.69) is 71.2 Å². The standard InChI is InChI=1S/C29H28I2N2O2S2/c1-4-6-7-19(5-2)18-35-25-15-20(12-22(16-32)26-8-10-28(30)36-26)24(34-3)14-21(25)13-23(17-33)27-9-11-29(31)37-27/h8-15,19H,4-7,18H2,1-3H3/b22-12+,23-13+. The van der Waals surface area contributed by atoms with Gasteiger partial charge in [0.25, 0.3) is 0 Å². The van der Waals surface area contributed by atoms with Crippen LogP contribution >= 0.6 is 67.9 Å². The highest BCUT2D eigenvalue weighted by atomic mass is 127. The molecule has 0 N–H and O–H groups in total. The molecule has 0 fully saturated rings. The van der Waals surface area contributed by atoms with E-state index in [4.69, 9.17) is 9.47 Å². The lowest BCUT2D eigenvalue weighted by atomic mass is 10.00. The van der Waals surface area contributed by atoms with Gasteiger partial charge >= 0.3 is 0 Å². The van der Waals surface area contributed by atoms with Gasteiger partial charge in [-0.3, -0.25) is 0 Å². The number of ether oxygens (including phenoxy) is 2. The lowest BCUT2D eigenvalue weighted by Gasteiger charge is -2.18. The minimum Gasteiger partial charge on any atom is -0.496 e. The summed E-state index contributed by atoms with van der Waals surface area (Å²) in [7, 11) is 1.62.